The van der Waals surface area contributed by atoms with Crippen LogP contribution in [0.4, 0.5) is 0 Å². The Kier molecular flexibility index (Phi) is 3.24. The summed E-state index contributed by atoms with van der Waals surface area (Å²) in [5.41, 5.74) is 3.58. The molecular weight excluding hydrogens is 256 g/mol. The van der Waals surface area contributed by atoms with Crippen LogP contribution in [0.5, 0.6) is 0 Å². The van der Waals surface area contributed by atoms with Crippen LogP contribution in [0.25, 0.3) is 0 Å². The van der Waals surface area contributed by atoms with E-state index in [-0.39, 0.29) is 11.8 Å². The van der Waals surface area contributed by atoms with Gasteiger partial charge in [0.2, 0.25) is 0 Å². The van der Waals surface area contributed by atoms with Gasteiger partial charge in [-0.2, -0.15) is 0 Å². The Morgan fingerprint density at radius 1 is 0.950 bits per heavy atom. The fraction of sp³-hybridized carbons (Fsp3) is 0.500. The first-order valence-corrected chi connectivity index (χ1v) is 6.99. The summed E-state index contributed by atoms with van der Waals surface area (Å²) in [6, 6.07) is 0. The van der Waals surface area contributed by atoms with E-state index < -0.39 is 11.9 Å². The van der Waals surface area contributed by atoms with Gasteiger partial charge in [0.05, 0.1) is 25.4 Å². The summed E-state index contributed by atoms with van der Waals surface area (Å²) in [5.74, 6) is -1.01. The smallest absolute Gasteiger partial charge is 0.335 e. The Balaban J connectivity index is 2.08. The summed E-state index contributed by atoms with van der Waals surface area (Å²) in [6.45, 7) is 0. The van der Waals surface area contributed by atoms with Gasteiger partial charge in [-0.3, -0.25) is 0 Å². The number of fused-ring (bicyclic) bond motifs is 2. The van der Waals surface area contributed by atoms with Crippen LogP contribution in [0, 0.1) is 11.8 Å². The average molecular weight is 274 g/mol. The van der Waals surface area contributed by atoms with E-state index >= 15 is 0 Å². The lowest BCUT2D eigenvalue weighted by Crippen LogP contribution is -2.17. The fourth-order valence-corrected chi connectivity index (χ4v) is 3.69. The van der Waals surface area contributed by atoms with Crippen molar-refractivity contribution in [2.45, 2.75) is 25.7 Å². The monoisotopic (exact) mass is 274 g/mol. The van der Waals surface area contributed by atoms with Crippen LogP contribution < -0.4 is 0 Å². The molecule has 0 radical (unpaired) electrons. The number of allylic oxidation sites excluding steroid dienone is 4. The number of methoxy groups -OCH3 is 2. The Morgan fingerprint density at radius 3 is 1.80 bits per heavy atom. The highest BCUT2D eigenvalue weighted by Crippen LogP contribution is 2.52. The van der Waals surface area contributed by atoms with Crippen molar-refractivity contribution in [3.63, 3.8) is 0 Å². The van der Waals surface area contributed by atoms with E-state index in [4.69, 9.17) is 9.47 Å². The normalized spacial score (nSPS) is 27.5. The van der Waals surface area contributed by atoms with Crippen molar-refractivity contribution in [3.05, 3.63) is 34.4 Å². The third kappa shape index (κ3) is 1.74. The molecule has 4 nitrogen and oxygen atoms in total. The van der Waals surface area contributed by atoms with E-state index in [1.165, 1.54) is 38.2 Å². The largest absolute Gasteiger partial charge is 0.466 e. The molecule has 2 bridgehead atoms. The van der Waals surface area contributed by atoms with Crippen LogP contribution in [0.15, 0.2) is 34.4 Å². The minimum absolute atomic E-state index is 0.0883. The second kappa shape index (κ2) is 4.93. The number of rotatable bonds is 2. The molecule has 1 saturated carbocycles. The molecule has 0 aliphatic heterocycles. The number of carbonyl (C=O) groups is 2. The molecule has 0 spiro atoms. The number of hydrogen-bond donors (Lipinski definition) is 0. The summed E-state index contributed by atoms with van der Waals surface area (Å²) >= 11 is 0. The van der Waals surface area contributed by atoms with Crippen LogP contribution in [-0.4, -0.2) is 26.2 Å². The van der Waals surface area contributed by atoms with E-state index in [9.17, 15) is 9.59 Å². The second-order valence-electron chi connectivity index (χ2n) is 5.42. The molecule has 0 heterocycles. The van der Waals surface area contributed by atoms with Crippen molar-refractivity contribution in [2.24, 2.45) is 11.8 Å². The van der Waals surface area contributed by atoms with Crippen LogP contribution in [0.2, 0.25) is 0 Å². The van der Waals surface area contributed by atoms with Crippen LogP contribution in [-0.2, 0) is 19.1 Å². The molecule has 20 heavy (non-hydrogen) atoms. The predicted molar refractivity (Wildman–Crippen MR) is 72.7 cm³/mol. The van der Waals surface area contributed by atoms with Gasteiger partial charge in [0, 0.05) is 11.8 Å². The third-order valence-corrected chi connectivity index (χ3v) is 4.50. The van der Waals surface area contributed by atoms with Crippen molar-refractivity contribution < 1.29 is 19.1 Å². The highest BCUT2D eigenvalue weighted by molar-refractivity contribution is 6.05. The van der Waals surface area contributed by atoms with Gasteiger partial charge in [0.25, 0.3) is 0 Å². The zero-order chi connectivity index (χ0) is 14.3. The zero-order valence-electron chi connectivity index (χ0n) is 11.8. The standard InChI is InChI=1S/C16H18O4/c1-19-15(17)13-10-7-8-11(14(13)16(18)20-2)12(10)9-5-3-4-6-9/h7-8,10-11H,3-6H2,1-2H3. The minimum atomic E-state index is -0.418. The molecule has 0 aromatic heterocycles. The average Bonchev–Trinajstić information content (AvgIpc) is 3.17. The number of carbonyl (C=O) groups excluding carboxylic acids is 2. The quantitative estimate of drug-likeness (QED) is 0.573. The lowest BCUT2D eigenvalue weighted by atomic mass is 9.93. The molecule has 2 unspecified atom stereocenters. The number of ether oxygens (including phenoxy) is 2. The summed E-state index contributed by atoms with van der Waals surface area (Å²) in [6.07, 6.45) is 8.58. The lowest BCUT2D eigenvalue weighted by Gasteiger charge is -2.11. The first-order valence-electron chi connectivity index (χ1n) is 6.99. The summed E-state index contributed by atoms with van der Waals surface area (Å²) in [5, 5.41) is 0. The SMILES string of the molecule is COC(=O)C1=C(C(=O)OC)C2C=CC1C2=C1CCCC1. The molecule has 3 aliphatic carbocycles. The Labute approximate surface area is 118 Å². The van der Waals surface area contributed by atoms with E-state index in [0.29, 0.717) is 11.1 Å². The van der Waals surface area contributed by atoms with Crippen molar-refractivity contribution >= 4 is 11.9 Å². The summed E-state index contributed by atoms with van der Waals surface area (Å²) < 4.78 is 9.72. The summed E-state index contributed by atoms with van der Waals surface area (Å²) in [4.78, 5) is 24.1. The highest BCUT2D eigenvalue weighted by Gasteiger charge is 2.47. The number of hydrogen-bond acceptors (Lipinski definition) is 4. The van der Waals surface area contributed by atoms with Crippen LogP contribution in [0.3, 0.4) is 0 Å². The molecule has 1 fully saturated rings. The molecule has 2 atom stereocenters. The van der Waals surface area contributed by atoms with E-state index in [2.05, 4.69) is 0 Å². The zero-order valence-corrected chi connectivity index (χ0v) is 11.8. The first kappa shape index (κ1) is 13.2. The van der Waals surface area contributed by atoms with E-state index in [0.717, 1.165) is 12.8 Å². The maximum atomic E-state index is 12.1. The van der Waals surface area contributed by atoms with E-state index in [1.54, 1.807) is 0 Å². The van der Waals surface area contributed by atoms with Crippen molar-refractivity contribution in [1.29, 1.82) is 0 Å². The molecular formula is C16H18O4. The molecule has 0 saturated heterocycles. The Bertz CT molecular complexity index is 519. The van der Waals surface area contributed by atoms with Crippen LogP contribution in [0.1, 0.15) is 25.7 Å². The van der Waals surface area contributed by atoms with Crippen molar-refractivity contribution in [1.82, 2.24) is 0 Å². The van der Waals surface area contributed by atoms with Gasteiger partial charge >= 0.3 is 11.9 Å². The predicted octanol–water partition coefficient (Wildman–Crippen LogP) is 2.32. The maximum absolute atomic E-state index is 12.1. The van der Waals surface area contributed by atoms with Gasteiger partial charge in [-0.25, -0.2) is 9.59 Å². The molecule has 4 heteroatoms. The summed E-state index contributed by atoms with van der Waals surface area (Å²) in [7, 11) is 2.70. The molecule has 3 aliphatic rings. The van der Waals surface area contributed by atoms with Crippen molar-refractivity contribution in [2.75, 3.05) is 14.2 Å². The molecule has 3 rings (SSSR count). The first-order chi connectivity index (χ1) is 9.69. The minimum Gasteiger partial charge on any atom is -0.466 e. The maximum Gasteiger partial charge on any atom is 0.335 e. The van der Waals surface area contributed by atoms with Crippen molar-refractivity contribution in [3.8, 4) is 0 Å². The number of esters is 2. The molecule has 0 amide bonds. The fourth-order valence-electron chi connectivity index (χ4n) is 3.69. The van der Waals surface area contributed by atoms with Gasteiger partial charge in [-0.1, -0.05) is 17.7 Å². The van der Waals surface area contributed by atoms with Gasteiger partial charge in [0.15, 0.2) is 0 Å². The third-order valence-electron chi connectivity index (χ3n) is 4.50. The molecule has 106 valence electrons. The Hall–Kier alpha value is -1.84. The second-order valence-corrected chi connectivity index (χ2v) is 5.42. The topological polar surface area (TPSA) is 52.6 Å². The molecule has 0 aromatic carbocycles. The van der Waals surface area contributed by atoms with Gasteiger partial charge in [-0.05, 0) is 31.3 Å². The highest BCUT2D eigenvalue weighted by atomic mass is 16.5. The van der Waals surface area contributed by atoms with Gasteiger partial charge < -0.3 is 9.47 Å². The van der Waals surface area contributed by atoms with Gasteiger partial charge in [-0.15, -0.1) is 0 Å². The Morgan fingerprint density at radius 2 is 1.40 bits per heavy atom. The lowest BCUT2D eigenvalue weighted by molar-refractivity contribution is -0.139. The van der Waals surface area contributed by atoms with Crippen LogP contribution >= 0.6 is 0 Å². The van der Waals surface area contributed by atoms with Gasteiger partial charge in [0.1, 0.15) is 0 Å². The molecule has 0 N–H and O–H groups in total. The molecule has 0 aromatic rings. The van der Waals surface area contributed by atoms with E-state index in [1.807, 2.05) is 12.2 Å².